The second kappa shape index (κ2) is 12.9. The second-order valence-corrected chi connectivity index (χ2v) is 11.9. The van der Waals surface area contributed by atoms with Crippen molar-refractivity contribution in [3.63, 3.8) is 0 Å². The number of aromatic amines is 1. The zero-order valence-corrected chi connectivity index (χ0v) is 23.7. The van der Waals surface area contributed by atoms with Gasteiger partial charge in [0.2, 0.25) is 0 Å². The second-order valence-electron chi connectivity index (χ2n) is 10.7. The Bertz CT molecular complexity index is 1340. The monoisotopic (exact) mass is 613 g/mol. The molecule has 6 nitrogen and oxygen atoms in total. The van der Waals surface area contributed by atoms with Gasteiger partial charge in [-0.15, -0.1) is 0 Å². The number of nitrogens with one attached hydrogen (secondary N) is 2. The number of amides is 1. The first-order valence-corrected chi connectivity index (χ1v) is 15.1. The lowest BCUT2D eigenvalue weighted by atomic mass is 9.98. The number of rotatable bonds is 8. The predicted octanol–water partition coefficient (Wildman–Crippen LogP) is 5.52. The van der Waals surface area contributed by atoms with Crippen LogP contribution in [0.15, 0.2) is 48.7 Å². The molecule has 0 unspecified atom stereocenters. The van der Waals surface area contributed by atoms with E-state index in [0.29, 0.717) is 31.6 Å². The van der Waals surface area contributed by atoms with Gasteiger partial charge in [-0.2, -0.15) is 38.1 Å². The Morgan fingerprint density at radius 1 is 0.952 bits per heavy atom. The molecule has 1 aromatic heterocycles. The summed E-state index contributed by atoms with van der Waals surface area (Å²) < 4.78 is 81.1. The van der Waals surface area contributed by atoms with Gasteiger partial charge in [-0.1, -0.05) is 18.2 Å². The first-order chi connectivity index (χ1) is 20.0. The van der Waals surface area contributed by atoms with Crippen molar-refractivity contribution in [3.8, 4) is 0 Å². The Morgan fingerprint density at radius 2 is 1.64 bits per heavy atom. The highest BCUT2D eigenvalue weighted by atomic mass is 32.2. The molecule has 228 valence electrons. The summed E-state index contributed by atoms with van der Waals surface area (Å²) in [6.07, 6.45) is -6.95. The van der Waals surface area contributed by atoms with E-state index in [0.717, 1.165) is 60.6 Å². The Labute approximate surface area is 244 Å². The minimum absolute atomic E-state index is 0.0505. The molecular formula is C29H33F6N5OS. The number of nitrogens with zero attached hydrogens (tertiary/aromatic N) is 3. The van der Waals surface area contributed by atoms with Crippen molar-refractivity contribution < 1.29 is 31.1 Å². The van der Waals surface area contributed by atoms with Crippen LogP contribution in [0.3, 0.4) is 0 Å². The summed E-state index contributed by atoms with van der Waals surface area (Å²) >= 11 is 1.93. The molecule has 13 heteroatoms. The Morgan fingerprint density at radius 3 is 2.33 bits per heavy atom. The highest BCUT2D eigenvalue weighted by Crippen LogP contribution is 2.37. The van der Waals surface area contributed by atoms with Gasteiger partial charge < -0.3 is 9.88 Å². The molecule has 2 fully saturated rings. The number of H-pyrrole nitrogens is 1. The number of piperazine rings is 1. The number of hydrazine groups is 1. The summed E-state index contributed by atoms with van der Waals surface area (Å²) in [5.74, 6) is 1.35. The summed E-state index contributed by atoms with van der Waals surface area (Å²) in [6.45, 7) is 4.65. The smallest absolute Gasteiger partial charge is 0.361 e. The number of carbonyl (C=O) groups is 1. The van der Waals surface area contributed by atoms with Crippen molar-refractivity contribution in [2.24, 2.45) is 0 Å². The molecule has 0 radical (unpaired) electrons. The van der Waals surface area contributed by atoms with Crippen molar-refractivity contribution in [1.82, 2.24) is 25.2 Å². The molecule has 1 atom stereocenters. The van der Waals surface area contributed by atoms with Gasteiger partial charge in [0.05, 0.1) is 11.1 Å². The molecule has 0 bridgehead atoms. The van der Waals surface area contributed by atoms with Crippen LogP contribution in [0.5, 0.6) is 0 Å². The number of hydrogen-bond donors (Lipinski definition) is 2. The third kappa shape index (κ3) is 7.42. The maximum absolute atomic E-state index is 13.7. The van der Waals surface area contributed by atoms with Gasteiger partial charge in [-0.25, -0.2) is 5.01 Å². The van der Waals surface area contributed by atoms with Crippen molar-refractivity contribution in [3.05, 3.63) is 70.9 Å². The molecule has 2 saturated heterocycles. The molecule has 42 heavy (non-hydrogen) atoms. The molecule has 1 amide bonds. The van der Waals surface area contributed by atoms with Crippen LogP contribution in [0, 0.1) is 0 Å². The van der Waals surface area contributed by atoms with Gasteiger partial charge in [0.15, 0.2) is 0 Å². The quantitative estimate of drug-likeness (QED) is 0.259. The summed E-state index contributed by atoms with van der Waals surface area (Å²) in [5.41, 5.74) is 1.69. The third-order valence-electron chi connectivity index (χ3n) is 7.79. The fourth-order valence-corrected chi connectivity index (χ4v) is 6.53. The van der Waals surface area contributed by atoms with Crippen LogP contribution in [0.4, 0.5) is 26.3 Å². The van der Waals surface area contributed by atoms with Crippen molar-refractivity contribution >= 4 is 28.6 Å². The first-order valence-electron chi connectivity index (χ1n) is 13.9. The zero-order valence-electron chi connectivity index (χ0n) is 22.9. The molecule has 3 heterocycles. The number of hydrogen-bond acceptors (Lipinski definition) is 5. The molecule has 0 aliphatic carbocycles. The largest absolute Gasteiger partial charge is 0.416 e. The van der Waals surface area contributed by atoms with Crippen LogP contribution < -0.4 is 5.43 Å². The van der Waals surface area contributed by atoms with Crippen LogP contribution in [0.1, 0.15) is 33.5 Å². The number of alkyl halides is 6. The summed E-state index contributed by atoms with van der Waals surface area (Å²) in [7, 11) is 0. The lowest BCUT2D eigenvalue weighted by Gasteiger charge is -2.42. The van der Waals surface area contributed by atoms with Gasteiger partial charge in [0.1, 0.15) is 0 Å². The number of aromatic nitrogens is 1. The van der Waals surface area contributed by atoms with Crippen LogP contribution >= 0.6 is 11.8 Å². The minimum Gasteiger partial charge on any atom is -0.361 e. The van der Waals surface area contributed by atoms with Gasteiger partial charge in [-0.05, 0) is 49.2 Å². The molecule has 3 aromatic rings. The first kappa shape index (κ1) is 30.7. The average molecular weight is 614 g/mol. The van der Waals surface area contributed by atoms with Crippen LogP contribution in [0.2, 0.25) is 0 Å². The van der Waals surface area contributed by atoms with E-state index in [1.165, 1.54) is 4.90 Å². The number of thioether (sulfide) groups is 1. The van der Waals surface area contributed by atoms with Gasteiger partial charge in [-0.3, -0.25) is 15.1 Å². The molecule has 0 saturated carbocycles. The Balaban J connectivity index is 1.35. The normalized spacial score (nSPS) is 19.5. The average Bonchev–Trinajstić information content (AvgIpc) is 3.37. The van der Waals surface area contributed by atoms with E-state index in [1.807, 2.05) is 42.2 Å². The maximum Gasteiger partial charge on any atom is 0.416 e. The number of fused-ring (bicyclic) bond motifs is 1. The van der Waals surface area contributed by atoms with Crippen molar-refractivity contribution in [1.29, 1.82) is 0 Å². The Hall–Kier alpha value is -2.74. The van der Waals surface area contributed by atoms with E-state index >= 15 is 0 Å². The summed E-state index contributed by atoms with van der Waals surface area (Å²) in [6, 6.07) is 8.31. The van der Waals surface area contributed by atoms with E-state index in [-0.39, 0.29) is 12.6 Å². The lowest BCUT2D eigenvalue weighted by molar-refractivity contribution is -0.143. The standard InChI is InChI=1S/C29H33F6N5OS/c30-28(31,32)22-14-20(15-23(17-22)29(33,34)35)27(41)40-9-8-38(7-3-6-37-39-10-12-42-13-11-39)19-24(40)16-21-18-36-26-5-2-1-4-25(21)26/h1-2,4-5,14-15,17-18,24,36-37H,3,6-13,16,19H2/t24-/m1/s1. The lowest BCUT2D eigenvalue weighted by Crippen LogP contribution is -2.56. The van der Waals surface area contributed by atoms with Gasteiger partial charge >= 0.3 is 12.4 Å². The van der Waals surface area contributed by atoms with E-state index in [9.17, 15) is 31.1 Å². The third-order valence-corrected chi connectivity index (χ3v) is 8.73. The van der Waals surface area contributed by atoms with Crippen LogP contribution in [-0.4, -0.2) is 89.1 Å². The topological polar surface area (TPSA) is 54.6 Å². The zero-order chi connectivity index (χ0) is 29.9. The molecule has 2 aliphatic rings. The molecule has 0 spiro atoms. The maximum atomic E-state index is 13.7. The summed E-state index contributed by atoms with van der Waals surface area (Å²) in [5, 5.41) is 3.18. The van der Waals surface area contributed by atoms with Crippen LogP contribution in [0.25, 0.3) is 10.9 Å². The van der Waals surface area contributed by atoms with E-state index in [2.05, 4.69) is 20.3 Å². The number of halogens is 6. The highest BCUT2D eigenvalue weighted by molar-refractivity contribution is 7.99. The highest BCUT2D eigenvalue weighted by Gasteiger charge is 2.39. The summed E-state index contributed by atoms with van der Waals surface area (Å²) in [4.78, 5) is 20.5. The van der Waals surface area contributed by atoms with E-state index in [1.54, 1.807) is 0 Å². The van der Waals surface area contributed by atoms with Crippen molar-refractivity contribution in [2.45, 2.75) is 31.2 Å². The molecule has 2 N–H and O–H groups in total. The number of carbonyl (C=O) groups excluding carboxylic acids is 1. The van der Waals surface area contributed by atoms with E-state index in [4.69, 9.17) is 0 Å². The van der Waals surface area contributed by atoms with Gasteiger partial charge in [0, 0.05) is 79.5 Å². The minimum atomic E-state index is -5.03. The fraction of sp³-hybridized carbons (Fsp3) is 0.483. The SMILES string of the molecule is O=C(c1cc(C(F)(F)F)cc(C(F)(F)F)c1)N1CCN(CCCNN2CCSCC2)C[C@H]1Cc1c[nH]c2ccccc12. The van der Waals surface area contributed by atoms with Crippen molar-refractivity contribution in [2.75, 3.05) is 57.3 Å². The molecule has 5 rings (SSSR count). The molecule has 2 aliphatic heterocycles. The number of para-hydroxylation sites is 1. The Kier molecular flexibility index (Phi) is 9.41. The van der Waals surface area contributed by atoms with Gasteiger partial charge in [0.25, 0.3) is 5.91 Å². The van der Waals surface area contributed by atoms with E-state index < -0.39 is 41.0 Å². The molecule has 2 aromatic carbocycles. The molecular weight excluding hydrogens is 580 g/mol. The fourth-order valence-electron chi connectivity index (χ4n) is 5.62. The van der Waals surface area contributed by atoms with Crippen LogP contribution in [-0.2, 0) is 18.8 Å². The number of benzene rings is 2. The predicted molar refractivity (Wildman–Crippen MR) is 151 cm³/mol.